The molecular weight excluding hydrogens is 244 g/mol. The first-order valence-corrected chi connectivity index (χ1v) is 6.52. The Bertz CT molecular complexity index is 436. The number of nitrogens with one attached hydrogen (secondary N) is 1. The molecule has 1 aliphatic heterocycles. The minimum absolute atomic E-state index is 0.0846. The zero-order valence-electron chi connectivity index (χ0n) is 11.1. The standard InChI is InChI=1S/C14H20N2O3/c1-19-13-7-3-2-6-12(13)15-14(18)10-16-8-4-5-11(17)9-16/h2-3,6-7,11,17H,4-5,8-10H2,1H3,(H,15,18)/t11-/m0/s1. The number of likely N-dealkylation sites (tertiary alicyclic amines) is 1. The second-order valence-electron chi connectivity index (χ2n) is 4.78. The number of ether oxygens (including phenoxy) is 1. The Morgan fingerprint density at radius 2 is 2.32 bits per heavy atom. The molecule has 1 amide bonds. The first kappa shape index (κ1) is 13.8. The zero-order valence-corrected chi connectivity index (χ0v) is 11.1. The Balaban J connectivity index is 1.90. The summed E-state index contributed by atoms with van der Waals surface area (Å²) in [5, 5.41) is 12.4. The number of rotatable bonds is 4. The maximum absolute atomic E-state index is 12.0. The maximum Gasteiger partial charge on any atom is 0.238 e. The quantitative estimate of drug-likeness (QED) is 0.854. The molecule has 0 radical (unpaired) electrons. The fraction of sp³-hybridized carbons (Fsp3) is 0.500. The molecule has 0 spiro atoms. The van der Waals surface area contributed by atoms with Crippen molar-refractivity contribution in [3.63, 3.8) is 0 Å². The molecule has 0 aliphatic carbocycles. The van der Waals surface area contributed by atoms with Gasteiger partial charge >= 0.3 is 0 Å². The number of benzene rings is 1. The van der Waals surface area contributed by atoms with Crippen LogP contribution in [0.5, 0.6) is 5.75 Å². The molecule has 104 valence electrons. The Labute approximate surface area is 113 Å². The fourth-order valence-electron chi connectivity index (χ4n) is 2.32. The molecule has 0 aromatic heterocycles. The van der Waals surface area contributed by atoms with Crippen molar-refractivity contribution >= 4 is 11.6 Å². The third-order valence-corrected chi connectivity index (χ3v) is 3.23. The molecule has 19 heavy (non-hydrogen) atoms. The van der Waals surface area contributed by atoms with E-state index in [0.29, 0.717) is 24.5 Å². The normalized spacial score (nSPS) is 20.0. The molecule has 2 N–H and O–H groups in total. The Morgan fingerprint density at radius 1 is 1.53 bits per heavy atom. The van der Waals surface area contributed by atoms with Crippen molar-refractivity contribution in [2.75, 3.05) is 32.1 Å². The molecule has 0 saturated carbocycles. The van der Waals surface area contributed by atoms with Gasteiger partial charge in [0.25, 0.3) is 0 Å². The third kappa shape index (κ3) is 3.94. The lowest BCUT2D eigenvalue weighted by molar-refractivity contribution is -0.118. The largest absolute Gasteiger partial charge is 0.495 e. The van der Waals surface area contributed by atoms with Crippen molar-refractivity contribution in [3.05, 3.63) is 24.3 Å². The van der Waals surface area contributed by atoms with E-state index in [9.17, 15) is 9.90 Å². The molecule has 2 rings (SSSR count). The highest BCUT2D eigenvalue weighted by atomic mass is 16.5. The van der Waals surface area contributed by atoms with Crippen molar-refractivity contribution < 1.29 is 14.6 Å². The van der Waals surface area contributed by atoms with Gasteiger partial charge in [-0.1, -0.05) is 12.1 Å². The minimum Gasteiger partial charge on any atom is -0.495 e. The van der Waals surface area contributed by atoms with Crippen LogP contribution in [-0.2, 0) is 4.79 Å². The number of amides is 1. The Kier molecular flexibility index (Phi) is 4.76. The van der Waals surface area contributed by atoms with Gasteiger partial charge in [-0.3, -0.25) is 9.69 Å². The molecule has 1 aromatic rings. The van der Waals surface area contributed by atoms with Gasteiger partial charge in [0, 0.05) is 6.54 Å². The molecule has 1 atom stereocenters. The van der Waals surface area contributed by atoms with E-state index in [4.69, 9.17) is 4.74 Å². The first-order valence-electron chi connectivity index (χ1n) is 6.52. The van der Waals surface area contributed by atoms with Crippen LogP contribution in [-0.4, -0.2) is 48.8 Å². The van der Waals surface area contributed by atoms with Crippen LogP contribution in [0.3, 0.4) is 0 Å². The van der Waals surface area contributed by atoms with Crippen LogP contribution >= 0.6 is 0 Å². The number of anilines is 1. The summed E-state index contributed by atoms with van der Waals surface area (Å²) in [6.45, 7) is 1.73. The molecule has 0 unspecified atom stereocenters. The fourth-order valence-corrected chi connectivity index (χ4v) is 2.32. The molecule has 5 heteroatoms. The van der Waals surface area contributed by atoms with Crippen molar-refractivity contribution in [2.24, 2.45) is 0 Å². The summed E-state index contributed by atoms with van der Waals surface area (Å²) < 4.78 is 5.18. The number of para-hydroxylation sites is 2. The highest BCUT2D eigenvalue weighted by Crippen LogP contribution is 2.22. The van der Waals surface area contributed by atoms with E-state index >= 15 is 0 Å². The summed E-state index contributed by atoms with van der Waals surface area (Å²) in [4.78, 5) is 13.9. The number of methoxy groups -OCH3 is 1. The Hall–Kier alpha value is -1.59. The van der Waals surface area contributed by atoms with Gasteiger partial charge in [0.15, 0.2) is 0 Å². The topological polar surface area (TPSA) is 61.8 Å². The number of carbonyl (C=O) groups excluding carboxylic acids is 1. The van der Waals surface area contributed by atoms with E-state index in [0.717, 1.165) is 19.4 Å². The number of nitrogens with zero attached hydrogens (tertiary/aromatic N) is 1. The van der Waals surface area contributed by atoms with Crippen LogP contribution < -0.4 is 10.1 Å². The van der Waals surface area contributed by atoms with E-state index in [1.807, 2.05) is 23.1 Å². The minimum atomic E-state index is -0.312. The van der Waals surface area contributed by atoms with Gasteiger partial charge in [0.1, 0.15) is 5.75 Å². The van der Waals surface area contributed by atoms with Crippen LogP contribution in [0.1, 0.15) is 12.8 Å². The molecule has 0 bridgehead atoms. The number of hydrogen-bond donors (Lipinski definition) is 2. The molecule has 1 fully saturated rings. The summed E-state index contributed by atoms with van der Waals surface area (Å²) >= 11 is 0. The summed E-state index contributed by atoms with van der Waals surface area (Å²) in [6.07, 6.45) is 1.45. The molecule has 1 aromatic carbocycles. The average molecular weight is 264 g/mol. The molecule has 1 saturated heterocycles. The van der Waals surface area contributed by atoms with Crippen molar-refractivity contribution in [1.29, 1.82) is 0 Å². The van der Waals surface area contributed by atoms with Gasteiger partial charge in [-0.2, -0.15) is 0 Å². The van der Waals surface area contributed by atoms with Crippen LogP contribution in [0.4, 0.5) is 5.69 Å². The van der Waals surface area contributed by atoms with Crippen LogP contribution in [0.2, 0.25) is 0 Å². The summed E-state index contributed by atoms with van der Waals surface area (Å²) in [7, 11) is 1.58. The predicted molar refractivity (Wildman–Crippen MR) is 73.3 cm³/mol. The second kappa shape index (κ2) is 6.54. The van der Waals surface area contributed by atoms with Gasteiger partial charge < -0.3 is 15.2 Å². The molecule has 1 heterocycles. The van der Waals surface area contributed by atoms with Crippen LogP contribution in [0.15, 0.2) is 24.3 Å². The smallest absolute Gasteiger partial charge is 0.238 e. The summed E-state index contributed by atoms with van der Waals surface area (Å²) in [6, 6.07) is 7.32. The second-order valence-corrected chi connectivity index (χ2v) is 4.78. The molecule has 5 nitrogen and oxygen atoms in total. The van der Waals surface area contributed by atoms with Crippen molar-refractivity contribution in [3.8, 4) is 5.75 Å². The predicted octanol–water partition coefficient (Wildman–Crippen LogP) is 1.09. The van der Waals surface area contributed by atoms with Gasteiger partial charge in [-0.05, 0) is 31.5 Å². The highest BCUT2D eigenvalue weighted by Gasteiger charge is 2.19. The summed E-state index contributed by atoms with van der Waals surface area (Å²) in [5.74, 6) is 0.563. The summed E-state index contributed by atoms with van der Waals surface area (Å²) in [5.41, 5.74) is 0.674. The number of carbonyl (C=O) groups is 1. The van der Waals surface area contributed by atoms with Gasteiger partial charge in [0.05, 0.1) is 25.4 Å². The lowest BCUT2D eigenvalue weighted by atomic mass is 10.1. The van der Waals surface area contributed by atoms with E-state index < -0.39 is 0 Å². The van der Waals surface area contributed by atoms with E-state index in [1.54, 1.807) is 13.2 Å². The van der Waals surface area contributed by atoms with Crippen LogP contribution in [0, 0.1) is 0 Å². The number of piperidine rings is 1. The molecule has 1 aliphatic rings. The highest BCUT2D eigenvalue weighted by molar-refractivity contribution is 5.93. The first-order chi connectivity index (χ1) is 9.19. The Morgan fingerprint density at radius 3 is 3.05 bits per heavy atom. The van der Waals surface area contributed by atoms with E-state index in [2.05, 4.69) is 5.32 Å². The molecular formula is C14H20N2O3. The third-order valence-electron chi connectivity index (χ3n) is 3.23. The SMILES string of the molecule is COc1ccccc1NC(=O)CN1CCC[C@H](O)C1. The van der Waals surface area contributed by atoms with E-state index in [1.165, 1.54) is 0 Å². The van der Waals surface area contributed by atoms with Gasteiger partial charge in [-0.25, -0.2) is 0 Å². The van der Waals surface area contributed by atoms with Gasteiger partial charge in [-0.15, -0.1) is 0 Å². The van der Waals surface area contributed by atoms with Gasteiger partial charge in [0.2, 0.25) is 5.91 Å². The lowest BCUT2D eigenvalue weighted by Gasteiger charge is -2.29. The van der Waals surface area contributed by atoms with Crippen molar-refractivity contribution in [1.82, 2.24) is 4.90 Å². The monoisotopic (exact) mass is 264 g/mol. The average Bonchev–Trinajstić information content (AvgIpc) is 2.39. The van der Waals surface area contributed by atoms with Crippen molar-refractivity contribution in [2.45, 2.75) is 18.9 Å². The zero-order chi connectivity index (χ0) is 13.7. The maximum atomic E-state index is 12.0. The van der Waals surface area contributed by atoms with E-state index in [-0.39, 0.29) is 12.0 Å². The number of hydrogen-bond acceptors (Lipinski definition) is 4. The number of aliphatic hydroxyl groups is 1. The van der Waals surface area contributed by atoms with Crippen LogP contribution in [0.25, 0.3) is 0 Å². The number of aliphatic hydroxyl groups excluding tert-OH is 1. The number of β-amino-alcohol motifs (C(OH)–C–C–N with tert-alkyl or cyclic N) is 1. The lowest BCUT2D eigenvalue weighted by Crippen LogP contribution is -2.42.